The summed E-state index contributed by atoms with van der Waals surface area (Å²) >= 11 is 0. The van der Waals surface area contributed by atoms with Gasteiger partial charge >= 0.3 is 6.03 Å². The van der Waals surface area contributed by atoms with Gasteiger partial charge in [0.2, 0.25) is 0 Å². The lowest BCUT2D eigenvalue weighted by atomic mass is 9.96. The quantitative estimate of drug-likeness (QED) is 0.740. The largest absolute Gasteiger partial charge is 0.388 e. The summed E-state index contributed by atoms with van der Waals surface area (Å²) in [6.45, 7) is 7.90. The number of carbonyl (C=O) groups is 1. The van der Waals surface area contributed by atoms with Gasteiger partial charge in [0.05, 0.1) is 18.3 Å². The number of rotatable bonds is 3. The minimum atomic E-state index is -0.850. The Hall–Kier alpha value is -1.64. The molecule has 0 aromatic carbocycles. The molecule has 5 atom stereocenters. The lowest BCUT2D eigenvalue weighted by Crippen LogP contribution is -2.60. The van der Waals surface area contributed by atoms with Gasteiger partial charge in [-0.05, 0) is 33.8 Å². The van der Waals surface area contributed by atoms with Gasteiger partial charge in [0, 0.05) is 11.7 Å². The van der Waals surface area contributed by atoms with Crippen molar-refractivity contribution in [3.05, 3.63) is 17.5 Å². The molecule has 2 aliphatic rings. The highest BCUT2D eigenvalue weighted by atomic mass is 16.7. The summed E-state index contributed by atoms with van der Waals surface area (Å²) in [6.07, 6.45) is -1.77. The van der Waals surface area contributed by atoms with Crippen LogP contribution in [0.15, 0.2) is 6.07 Å². The summed E-state index contributed by atoms with van der Waals surface area (Å²) in [4.78, 5) is 12.0. The molecular weight excluding hydrogens is 300 g/mol. The molecule has 2 amide bonds. The Morgan fingerprint density at radius 3 is 2.83 bits per heavy atom. The molecule has 2 saturated heterocycles. The second kappa shape index (κ2) is 6.10. The Morgan fingerprint density at radius 1 is 1.48 bits per heavy atom. The highest BCUT2D eigenvalue weighted by Gasteiger charge is 2.52. The van der Waals surface area contributed by atoms with E-state index in [2.05, 4.69) is 15.7 Å². The van der Waals surface area contributed by atoms with Crippen molar-refractivity contribution in [2.45, 2.75) is 64.3 Å². The lowest BCUT2D eigenvalue weighted by molar-refractivity contribution is -0.166. The van der Waals surface area contributed by atoms with Gasteiger partial charge < -0.3 is 25.2 Å². The fourth-order valence-corrected chi connectivity index (χ4v) is 3.24. The molecule has 2 aliphatic heterocycles. The molecule has 5 unspecified atom stereocenters. The van der Waals surface area contributed by atoms with Crippen molar-refractivity contribution >= 4 is 6.03 Å². The number of hydrogen-bond acceptors (Lipinski definition) is 5. The number of nitrogens with one attached hydrogen (secondary N) is 2. The Kier molecular flexibility index (Phi) is 4.31. The van der Waals surface area contributed by atoms with Crippen LogP contribution in [-0.4, -0.2) is 58.1 Å². The van der Waals surface area contributed by atoms with Gasteiger partial charge in [-0.15, -0.1) is 0 Å². The molecule has 0 aliphatic carbocycles. The van der Waals surface area contributed by atoms with E-state index in [4.69, 9.17) is 9.47 Å². The fraction of sp³-hybridized carbons (Fsp3) is 0.733. The van der Waals surface area contributed by atoms with Gasteiger partial charge in [0.15, 0.2) is 6.29 Å². The number of ether oxygens (including phenoxy) is 2. The number of carbonyl (C=O) groups excluding carboxylic acids is 1. The first kappa shape index (κ1) is 16.2. The smallest absolute Gasteiger partial charge is 0.315 e. The summed E-state index contributed by atoms with van der Waals surface area (Å²) in [5.41, 5.74) is 1.77. The standard InChI is InChI=1S/C15H24N4O4/c1-7(2)16-15(21)17-11-10-6-22-14(23-10)12(13(11)20)19-9(4)5-8(3)18-19/h5,7,10-14,20H,6H2,1-4H3,(H2,16,17,21). The van der Waals surface area contributed by atoms with E-state index < -0.39 is 24.5 Å². The monoisotopic (exact) mass is 324 g/mol. The van der Waals surface area contributed by atoms with E-state index in [1.807, 2.05) is 33.8 Å². The number of aliphatic hydroxyl groups excluding tert-OH is 1. The normalized spacial score (nSPS) is 33.0. The Morgan fingerprint density at radius 2 is 2.22 bits per heavy atom. The van der Waals surface area contributed by atoms with Gasteiger partial charge in [-0.25, -0.2) is 4.79 Å². The molecule has 1 aromatic rings. The van der Waals surface area contributed by atoms with Gasteiger partial charge in [0.1, 0.15) is 18.2 Å². The van der Waals surface area contributed by atoms with Gasteiger partial charge in [-0.3, -0.25) is 4.68 Å². The van der Waals surface area contributed by atoms with Crippen molar-refractivity contribution in [2.75, 3.05) is 6.61 Å². The maximum atomic E-state index is 12.0. The number of amides is 2. The van der Waals surface area contributed by atoms with Crippen LogP contribution in [0.2, 0.25) is 0 Å². The maximum Gasteiger partial charge on any atom is 0.315 e. The molecule has 2 fully saturated rings. The molecule has 0 spiro atoms. The van der Waals surface area contributed by atoms with Crippen LogP contribution in [0.1, 0.15) is 31.3 Å². The van der Waals surface area contributed by atoms with Gasteiger partial charge in [-0.1, -0.05) is 0 Å². The number of urea groups is 1. The zero-order chi connectivity index (χ0) is 16.7. The fourth-order valence-electron chi connectivity index (χ4n) is 3.24. The second-order valence-electron chi connectivity index (χ2n) is 6.53. The van der Waals surface area contributed by atoms with Crippen LogP contribution in [0, 0.1) is 13.8 Å². The Labute approximate surface area is 135 Å². The van der Waals surface area contributed by atoms with Crippen molar-refractivity contribution in [3.8, 4) is 0 Å². The van der Waals surface area contributed by atoms with Crippen molar-refractivity contribution < 1.29 is 19.4 Å². The van der Waals surface area contributed by atoms with Crippen molar-refractivity contribution in [2.24, 2.45) is 0 Å². The molecule has 2 bridgehead atoms. The van der Waals surface area contributed by atoms with E-state index in [9.17, 15) is 9.90 Å². The average Bonchev–Trinajstić information content (AvgIpc) is 3.00. The number of nitrogens with zero attached hydrogens (tertiary/aromatic N) is 2. The maximum absolute atomic E-state index is 12.0. The SMILES string of the molecule is Cc1cc(C)n(C2C3OCC(O3)C(NC(=O)NC(C)C)C2O)n1. The molecular formula is C15H24N4O4. The van der Waals surface area contributed by atoms with Crippen LogP contribution in [0.4, 0.5) is 4.79 Å². The molecule has 8 nitrogen and oxygen atoms in total. The summed E-state index contributed by atoms with van der Waals surface area (Å²) in [7, 11) is 0. The molecule has 0 saturated carbocycles. The molecule has 3 N–H and O–H groups in total. The third-order valence-corrected chi connectivity index (χ3v) is 4.18. The Bertz CT molecular complexity index is 588. The first-order chi connectivity index (χ1) is 10.9. The Balaban J connectivity index is 1.82. The molecule has 3 rings (SSSR count). The molecule has 128 valence electrons. The number of hydrogen-bond donors (Lipinski definition) is 3. The summed E-state index contributed by atoms with van der Waals surface area (Å²) < 4.78 is 13.2. The molecule has 3 heterocycles. The van der Waals surface area contributed by atoms with E-state index in [1.54, 1.807) is 4.68 Å². The third-order valence-electron chi connectivity index (χ3n) is 4.18. The van der Waals surface area contributed by atoms with E-state index in [0.717, 1.165) is 11.4 Å². The minimum absolute atomic E-state index is 0.0102. The van der Waals surface area contributed by atoms with Crippen molar-refractivity contribution in [3.63, 3.8) is 0 Å². The summed E-state index contributed by atoms with van der Waals surface area (Å²) in [6, 6.07) is 0.566. The minimum Gasteiger partial charge on any atom is -0.388 e. The topological polar surface area (TPSA) is 97.6 Å². The zero-order valence-corrected chi connectivity index (χ0v) is 13.8. The molecule has 8 heteroatoms. The van der Waals surface area contributed by atoms with Crippen molar-refractivity contribution in [1.29, 1.82) is 0 Å². The van der Waals surface area contributed by atoms with Crippen molar-refractivity contribution in [1.82, 2.24) is 20.4 Å². The predicted octanol–water partition coefficient (Wildman–Crippen LogP) is 0.233. The van der Waals surface area contributed by atoms with Crippen LogP contribution in [0.3, 0.4) is 0 Å². The van der Waals surface area contributed by atoms with E-state index in [-0.39, 0.29) is 18.2 Å². The highest BCUT2D eigenvalue weighted by molar-refractivity contribution is 5.74. The highest BCUT2D eigenvalue weighted by Crippen LogP contribution is 2.36. The van der Waals surface area contributed by atoms with Crippen LogP contribution in [-0.2, 0) is 9.47 Å². The predicted molar refractivity (Wildman–Crippen MR) is 81.9 cm³/mol. The molecule has 0 radical (unpaired) electrons. The van der Waals surface area contributed by atoms with Gasteiger partial charge in [0.25, 0.3) is 0 Å². The van der Waals surface area contributed by atoms with Crippen LogP contribution >= 0.6 is 0 Å². The lowest BCUT2D eigenvalue weighted by Gasteiger charge is -2.39. The van der Waals surface area contributed by atoms with Gasteiger partial charge in [-0.2, -0.15) is 5.10 Å². The third kappa shape index (κ3) is 3.06. The zero-order valence-electron chi connectivity index (χ0n) is 13.8. The van der Waals surface area contributed by atoms with Crippen LogP contribution in [0.25, 0.3) is 0 Å². The average molecular weight is 324 g/mol. The molecule has 1 aromatic heterocycles. The van der Waals surface area contributed by atoms with Crippen LogP contribution < -0.4 is 10.6 Å². The number of aromatic nitrogens is 2. The number of fused-ring (bicyclic) bond motifs is 2. The first-order valence-electron chi connectivity index (χ1n) is 7.91. The summed E-state index contributed by atoms with van der Waals surface area (Å²) in [5, 5.41) is 20.8. The number of aliphatic hydroxyl groups is 1. The molecule has 23 heavy (non-hydrogen) atoms. The summed E-state index contributed by atoms with van der Waals surface area (Å²) in [5.74, 6) is 0. The van der Waals surface area contributed by atoms with Crippen LogP contribution in [0.5, 0.6) is 0 Å². The van der Waals surface area contributed by atoms with E-state index >= 15 is 0 Å². The van der Waals surface area contributed by atoms with E-state index in [0.29, 0.717) is 6.61 Å². The second-order valence-corrected chi connectivity index (χ2v) is 6.53. The van der Waals surface area contributed by atoms with E-state index in [1.165, 1.54) is 0 Å². The number of aryl methyl sites for hydroxylation is 2. The first-order valence-corrected chi connectivity index (χ1v) is 7.91.